The number of aryl methyl sites for hydroxylation is 1. The molecule has 0 saturated carbocycles. The van der Waals surface area contributed by atoms with Crippen molar-refractivity contribution in [1.29, 1.82) is 0 Å². The summed E-state index contributed by atoms with van der Waals surface area (Å²) in [6.07, 6.45) is 3.27. The molecule has 1 aromatic heterocycles. The molecule has 30 heavy (non-hydrogen) atoms. The Balaban J connectivity index is 1.54. The van der Waals surface area contributed by atoms with Gasteiger partial charge in [0.25, 0.3) is 0 Å². The van der Waals surface area contributed by atoms with Gasteiger partial charge in [-0.1, -0.05) is 103 Å². The highest BCUT2D eigenvalue weighted by molar-refractivity contribution is 5.84. The van der Waals surface area contributed by atoms with Gasteiger partial charge in [0.15, 0.2) is 0 Å². The number of aromatic nitrogens is 1. The van der Waals surface area contributed by atoms with E-state index in [0.717, 1.165) is 6.42 Å². The zero-order valence-corrected chi connectivity index (χ0v) is 17.2. The number of hydrogen-bond acceptors (Lipinski definition) is 0. The van der Waals surface area contributed by atoms with E-state index >= 15 is 0 Å². The Bertz CT molecular complexity index is 1250. The molecule has 5 rings (SSSR count). The summed E-state index contributed by atoms with van der Waals surface area (Å²) in [5.74, 6) is 0.321. The molecule has 0 bridgehead atoms. The van der Waals surface area contributed by atoms with Crippen LogP contribution in [0.4, 0.5) is 0 Å². The lowest BCUT2D eigenvalue weighted by atomic mass is 9.85. The zero-order valence-electron chi connectivity index (χ0n) is 17.2. The summed E-state index contributed by atoms with van der Waals surface area (Å²) < 4.78 is 2.24. The van der Waals surface area contributed by atoms with Crippen LogP contribution >= 0.6 is 0 Å². The lowest BCUT2D eigenvalue weighted by molar-refractivity contribution is 0.804. The summed E-state index contributed by atoms with van der Waals surface area (Å²) in [4.78, 5) is 0. The molecule has 5 aromatic rings. The van der Waals surface area contributed by atoms with Gasteiger partial charge in [0.2, 0.25) is 0 Å². The molecule has 4 aromatic carbocycles. The zero-order chi connectivity index (χ0) is 20.3. The molecular weight excluding hydrogens is 362 g/mol. The predicted octanol–water partition coefficient (Wildman–Crippen LogP) is 7.22. The van der Waals surface area contributed by atoms with E-state index in [4.69, 9.17) is 0 Å². The molecule has 0 aliphatic carbocycles. The van der Waals surface area contributed by atoms with Crippen molar-refractivity contribution in [3.8, 4) is 11.1 Å². The molecule has 1 heterocycles. The van der Waals surface area contributed by atoms with E-state index in [1.54, 1.807) is 0 Å². The average Bonchev–Trinajstić information content (AvgIpc) is 3.14. The van der Waals surface area contributed by atoms with Gasteiger partial charge in [-0.2, -0.15) is 0 Å². The molecule has 1 unspecified atom stereocenters. The summed E-state index contributed by atoms with van der Waals surface area (Å²) in [7, 11) is 2.14. The van der Waals surface area contributed by atoms with Crippen molar-refractivity contribution in [2.75, 3.05) is 0 Å². The second kappa shape index (κ2) is 8.04. The maximum atomic E-state index is 2.30. The molecule has 1 heteroatoms. The lowest BCUT2D eigenvalue weighted by Crippen LogP contribution is -2.05. The van der Waals surface area contributed by atoms with Crippen molar-refractivity contribution in [2.45, 2.75) is 12.3 Å². The van der Waals surface area contributed by atoms with E-state index in [0.29, 0.717) is 5.92 Å². The average molecular weight is 388 g/mol. The minimum absolute atomic E-state index is 0.321. The topological polar surface area (TPSA) is 4.93 Å². The Labute approximate surface area is 178 Å². The Morgan fingerprint density at radius 3 is 1.90 bits per heavy atom. The molecule has 0 amide bonds. The molecular formula is C29H25N. The number of rotatable bonds is 5. The highest BCUT2D eigenvalue weighted by Crippen LogP contribution is 2.33. The van der Waals surface area contributed by atoms with Crippen LogP contribution in [0.3, 0.4) is 0 Å². The van der Waals surface area contributed by atoms with E-state index in [-0.39, 0.29) is 0 Å². The quantitative estimate of drug-likeness (QED) is 0.300. The monoisotopic (exact) mass is 387 g/mol. The standard InChI is InChI=1S/C29H25N/c1-30-21-26(27-14-8-9-15-29(27)30)20-28(24-12-6-3-7-13-24)25-18-16-23(17-19-25)22-10-4-2-5-11-22/h2-19,21,28H,20H2,1H3. The Hall–Kier alpha value is -3.58. The van der Waals surface area contributed by atoms with Crippen molar-refractivity contribution in [3.05, 3.63) is 132 Å². The van der Waals surface area contributed by atoms with Gasteiger partial charge in [-0.15, -0.1) is 0 Å². The van der Waals surface area contributed by atoms with Crippen LogP contribution in [0.1, 0.15) is 22.6 Å². The lowest BCUT2D eigenvalue weighted by Gasteiger charge is -2.18. The number of nitrogens with zero attached hydrogens (tertiary/aromatic N) is 1. The number of benzene rings is 4. The summed E-state index contributed by atoms with van der Waals surface area (Å²) in [5, 5.41) is 1.35. The number of para-hydroxylation sites is 1. The van der Waals surface area contributed by atoms with Gasteiger partial charge in [0, 0.05) is 30.1 Å². The van der Waals surface area contributed by atoms with Gasteiger partial charge in [0.05, 0.1) is 0 Å². The van der Waals surface area contributed by atoms with Crippen molar-refractivity contribution in [1.82, 2.24) is 4.57 Å². The molecule has 1 atom stereocenters. The first-order valence-electron chi connectivity index (χ1n) is 10.5. The summed E-state index contributed by atoms with van der Waals surface area (Å²) in [6, 6.07) is 39.3. The van der Waals surface area contributed by atoms with Gasteiger partial charge in [-0.05, 0) is 40.3 Å². The van der Waals surface area contributed by atoms with E-state index in [1.165, 1.54) is 38.7 Å². The third kappa shape index (κ3) is 3.55. The molecule has 0 spiro atoms. The smallest absolute Gasteiger partial charge is 0.0480 e. The van der Waals surface area contributed by atoms with Crippen LogP contribution in [0.2, 0.25) is 0 Å². The van der Waals surface area contributed by atoms with Crippen LogP contribution in [0, 0.1) is 0 Å². The highest BCUT2D eigenvalue weighted by atomic mass is 14.9. The first kappa shape index (κ1) is 18.4. The Morgan fingerprint density at radius 1 is 0.600 bits per heavy atom. The third-order valence-corrected chi connectivity index (χ3v) is 6.03. The fourth-order valence-corrected chi connectivity index (χ4v) is 4.46. The maximum Gasteiger partial charge on any atom is 0.0480 e. The van der Waals surface area contributed by atoms with Gasteiger partial charge < -0.3 is 4.57 Å². The molecule has 1 nitrogen and oxygen atoms in total. The van der Waals surface area contributed by atoms with Gasteiger partial charge >= 0.3 is 0 Å². The maximum absolute atomic E-state index is 2.30. The predicted molar refractivity (Wildman–Crippen MR) is 127 cm³/mol. The van der Waals surface area contributed by atoms with Crippen LogP contribution in [0.5, 0.6) is 0 Å². The second-order valence-corrected chi connectivity index (χ2v) is 7.94. The fraction of sp³-hybridized carbons (Fsp3) is 0.103. The van der Waals surface area contributed by atoms with Crippen molar-refractivity contribution in [3.63, 3.8) is 0 Å². The molecule has 0 radical (unpaired) electrons. The van der Waals surface area contributed by atoms with E-state index in [1.807, 2.05) is 0 Å². The largest absolute Gasteiger partial charge is 0.350 e. The number of fused-ring (bicyclic) bond motifs is 1. The fourth-order valence-electron chi connectivity index (χ4n) is 4.46. The highest BCUT2D eigenvalue weighted by Gasteiger charge is 2.18. The minimum Gasteiger partial charge on any atom is -0.350 e. The third-order valence-electron chi connectivity index (χ3n) is 6.03. The minimum atomic E-state index is 0.321. The number of hydrogen-bond donors (Lipinski definition) is 0. The van der Waals surface area contributed by atoms with Crippen molar-refractivity contribution >= 4 is 10.9 Å². The van der Waals surface area contributed by atoms with E-state index < -0.39 is 0 Å². The van der Waals surface area contributed by atoms with Crippen molar-refractivity contribution in [2.24, 2.45) is 7.05 Å². The van der Waals surface area contributed by atoms with Gasteiger partial charge in [0.1, 0.15) is 0 Å². The van der Waals surface area contributed by atoms with Crippen LogP contribution in [0.15, 0.2) is 115 Å². The van der Waals surface area contributed by atoms with Crippen molar-refractivity contribution < 1.29 is 0 Å². The van der Waals surface area contributed by atoms with E-state index in [9.17, 15) is 0 Å². The van der Waals surface area contributed by atoms with Crippen LogP contribution in [0.25, 0.3) is 22.0 Å². The molecule has 0 saturated heterocycles. The molecule has 0 fully saturated rings. The molecule has 0 aliphatic rings. The molecule has 0 aliphatic heterocycles. The molecule has 146 valence electrons. The van der Waals surface area contributed by atoms with Crippen LogP contribution in [-0.4, -0.2) is 4.57 Å². The van der Waals surface area contributed by atoms with E-state index in [2.05, 4.69) is 127 Å². The summed E-state index contributed by atoms with van der Waals surface area (Å²) in [6.45, 7) is 0. The van der Waals surface area contributed by atoms with Crippen LogP contribution < -0.4 is 0 Å². The first-order valence-corrected chi connectivity index (χ1v) is 10.5. The summed E-state index contributed by atoms with van der Waals surface area (Å²) in [5.41, 5.74) is 7.92. The second-order valence-electron chi connectivity index (χ2n) is 7.94. The van der Waals surface area contributed by atoms with Gasteiger partial charge in [-0.25, -0.2) is 0 Å². The normalized spacial score (nSPS) is 12.2. The molecule has 0 N–H and O–H groups in total. The SMILES string of the molecule is Cn1cc(CC(c2ccccc2)c2ccc(-c3ccccc3)cc2)c2ccccc21. The Morgan fingerprint density at radius 2 is 1.17 bits per heavy atom. The van der Waals surface area contributed by atoms with Crippen LogP contribution in [-0.2, 0) is 13.5 Å². The Kier molecular flexibility index (Phi) is 4.94. The summed E-state index contributed by atoms with van der Waals surface area (Å²) >= 11 is 0. The first-order chi connectivity index (χ1) is 14.8. The van der Waals surface area contributed by atoms with Gasteiger partial charge in [-0.3, -0.25) is 0 Å².